The number of carboxylic acid groups (broad SMARTS) is 1. The smallest absolute Gasteiger partial charge is 0.333 e. The van der Waals surface area contributed by atoms with Gasteiger partial charge in [0.2, 0.25) is 0 Å². The average Bonchev–Trinajstić information content (AvgIpc) is 2.45. The Balaban J connectivity index is 2.99. The molecule has 0 bridgehead atoms. The number of carbonyl (C=O) groups excluding carboxylic acids is 1. The lowest BCUT2D eigenvalue weighted by molar-refractivity contribution is -0.144. The number of rotatable bonds is 6. The highest BCUT2D eigenvalue weighted by Crippen LogP contribution is 2.21. The van der Waals surface area contributed by atoms with Gasteiger partial charge in [0.05, 0.1) is 6.61 Å². The van der Waals surface area contributed by atoms with Gasteiger partial charge in [0.15, 0.2) is 5.54 Å². The Labute approximate surface area is 118 Å². The van der Waals surface area contributed by atoms with Gasteiger partial charge >= 0.3 is 12.0 Å². The highest BCUT2D eigenvalue weighted by atomic mass is 16.4. The van der Waals surface area contributed by atoms with Gasteiger partial charge in [-0.15, -0.1) is 0 Å². The quantitative estimate of drug-likeness (QED) is 0.725. The molecule has 3 N–H and O–H groups in total. The van der Waals surface area contributed by atoms with Crippen LogP contribution in [-0.4, -0.2) is 46.8 Å². The molecule has 0 saturated heterocycles. The van der Waals surface area contributed by atoms with Crippen LogP contribution in [0.15, 0.2) is 30.3 Å². The highest BCUT2D eigenvalue weighted by molar-refractivity contribution is 5.87. The summed E-state index contributed by atoms with van der Waals surface area (Å²) in [6.07, 6.45) is 0. The molecule has 0 fully saturated rings. The van der Waals surface area contributed by atoms with E-state index in [1.165, 1.54) is 11.8 Å². The minimum Gasteiger partial charge on any atom is -0.479 e. The molecule has 0 aliphatic carbocycles. The number of carbonyl (C=O) groups is 2. The maximum atomic E-state index is 12.1. The first kappa shape index (κ1) is 16.0. The lowest BCUT2D eigenvalue weighted by Gasteiger charge is -2.30. The van der Waals surface area contributed by atoms with Crippen LogP contribution in [0.2, 0.25) is 0 Å². The van der Waals surface area contributed by atoms with Crippen LogP contribution in [-0.2, 0) is 10.3 Å². The number of nitrogens with zero attached hydrogens (tertiary/aromatic N) is 1. The van der Waals surface area contributed by atoms with Crippen molar-refractivity contribution in [2.75, 3.05) is 19.7 Å². The Morgan fingerprint density at radius 2 is 1.90 bits per heavy atom. The van der Waals surface area contributed by atoms with E-state index < -0.39 is 17.5 Å². The molecule has 1 aromatic carbocycles. The lowest BCUT2D eigenvalue weighted by Crippen LogP contribution is -2.54. The van der Waals surface area contributed by atoms with Crippen LogP contribution >= 0.6 is 0 Å². The summed E-state index contributed by atoms with van der Waals surface area (Å²) < 4.78 is 0. The van der Waals surface area contributed by atoms with Gasteiger partial charge in [-0.25, -0.2) is 9.59 Å². The van der Waals surface area contributed by atoms with Crippen molar-refractivity contribution in [3.8, 4) is 0 Å². The van der Waals surface area contributed by atoms with Gasteiger partial charge in [0.25, 0.3) is 0 Å². The number of aliphatic hydroxyl groups excluding tert-OH is 1. The minimum absolute atomic E-state index is 0.160. The summed E-state index contributed by atoms with van der Waals surface area (Å²) in [7, 11) is 0. The van der Waals surface area contributed by atoms with Crippen molar-refractivity contribution >= 4 is 12.0 Å². The third-order valence-electron chi connectivity index (χ3n) is 3.17. The van der Waals surface area contributed by atoms with E-state index in [2.05, 4.69) is 5.32 Å². The molecule has 0 aromatic heterocycles. The molecule has 1 atom stereocenters. The highest BCUT2D eigenvalue weighted by Gasteiger charge is 2.37. The van der Waals surface area contributed by atoms with E-state index in [-0.39, 0.29) is 13.2 Å². The molecule has 0 heterocycles. The van der Waals surface area contributed by atoms with E-state index >= 15 is 0 Å². The van der Waals surface area contributed by atoms with Crippen LogP contribution in [0.5, 0.6) is 0 Å². The Kier molecular flexibility index (Phi) is 5.52. The number of benzene rings is 1. The largest absolute Gasteiger partial charge is 0.479 e. The topological polar surface area (TPSA) is 89.9 Å². The van der Waals surface area contributed by atoms with Crippen LogP contribution in [0.4, 0.5) is 4.79 Å². The number of aliphatic carboxylic acids is 1. The molecule has 0 aliphatic heterocycles. The average molecular weight is 280 g/mol. The molecule has 0 aliphatic rings. The van der Waals surface area contributed by atoms with Gasteiger partial charge < -0.3 is 20.4 Å². The molecule has 1 unspecified atom stereocenters. The summed E-state index contributed by atoms with van der Waals surface area (Å²) in [4.78, 5) is 25.0. The molecular formula is C14H20N2O4. The summed E-state index contributed by atoms with van der Waals surface area (Å²) in [6, 6.07) is 7.99. The van der Waals surface area contributed by atoms with Crippen LogP contribution in [0, 0.1) is 0 Å². The fraction of sp³-hybridized carbons (Fsp3) is 0.429. The molecule has 20 heavy (non-hydrogen) atoms. The third kappa shape index (κ3) is 3.48. The molecule has 0 saturated carbocycles. The number of aliphatic hydroxyl groups is 1. The number of carboxylic acids is 1. The molecular weight excluding hydrogens is 260 g/mol. The summed E-state index contributed by atoms with van der Waals surface area (Å²) in [5.74, 6) is -1.14. The molecule has 1 rings (SSSR count). The first-order chi connectivity index (χ1) is 9.45. The number of amides is 2. The normalized spacial score (nSPS) is 13.3. The predicted molar refractivity (Wildman–Crippen MR) is 74.3 cm³/mol. The Morgan fingerprint density at radius 1 is 1.30 bits per heavy atom. The molecule has 110 valence electrons. The van der Waals surface area contributed by atoms with Crippen molar-refractivity contribution in [1.29, 1.82) is 0 Å². The number of hydrogen-bond acceptors (Lipinski definition) is 3. The fourth-order valence-electron chi connectivity index (χ4n) is 1.84. The fourth-order valence-corrected chi connectivity index (χ4v) is 1.84. The second kappa shape index (κ2) is 6.91. The first-order valence-corrected chi connectivity index (χ1v) is 6.42. The number of likely N-dealkylation sites (N-methyl/N-ethyl adjacent to an activating group) is 1. The zero-order valence-corrected chi connectivity index (χ0v) is 11.7. The van der Waals surface area contributed by atoms with Gasteiger partial charge in [-0.05, 0) is 19.4 Å². The number of nitrogens with one attached hydrogen (secondary N) is 1. The van der Waals surface area contributed by atoms with Gasteiger partial charge in [0, 0.05) is 13.1 Å². The number of urea groups is 1. The van der Waals surface area contributed by atoms with Gasteiger partial charge in [-0.2, -0.15) is 0 Å². The summed E-state index contributed by atoms with van der Waals surface area (Å²) >= 11 is 0. The van der Waals surface area contributed by atoms with Gasteiger partial charge in [0.1, 0.15) is 0 Å². The van der Waals surface area contributed by atoms with Crippen molar-refractivity contribution < 1.29 is 19.8 Å². The van der Waals surface area contributed by atoms with Crippen LogP contribution in [0.25, 0.3) is 0 Å². The molecule has 6 nitrogen and oxygen atoms in total. The van der Waals surface area contributed by atoms with Crippen LogP contribution in [0.3, 0.4) is 0 Å². The maximum Gasteiger partial charge on any atom is 0.333 e. The zero-order valence-electron chi connectivity index (χ0n) is 11.7. The van der Waals surface area contributed by atoms with Crippen LogP contribution in [0.1, 0.15) is 19.4 Å². The predicted octanol–water partition coefficient (Wildman–Crippen LogP) is 1.01. The third-order valence-corrected chi connectivity index (χ3v) is 3.17. The van der Waals surface area contributed by atoms with Crippen molar-refractivity contribution in [3.63, 3.8) is 0 Å². The summed E-state index contributed by atoms with van der Waals surface area (Å²) in [6.45, 7) is 3.57. The van der Waals surface area contributed by atoms with Crippen molar-refractivity contribution in [2.24, 2.45) is 0 Å². The Morgan fingerprint density at radius 3 is 2.35 bits per heavy atom. The second-order valence-electron chi connectivity index (χ2n) is 4.53. The van der Waals surface area contributed by atoms with E-state index in [0.717, 1.165) is 0 Å². The van der Waals surface area contributed by atoms with Gasteiger partial charge in [-0.3, -0.25) is 0 Å². The number of hydrogen-bond donors (Lipinski definition) is 3. The summed E-state index contributed by atoms with van der Waals surface area (Å²) in [5.41, 5.74) is -1.03. The maximum absolute atomic E-state index is 12.1. The van der Waals surface area contributed by atoms with Crippen molar-refractivity contribution in [3.05, 3.63) is 35.9 Å². The SMILES string of the molecule is CCN(CCO)C(=O)NC(C)(C(=O)O)c1ccccc1. The van der Waals surface area contributed by atoms with Crippen molar-refractivity contribution in [1.82, 2.24) is 10.2 Å². The monoisotopic (exact) mass is 280 g/mol. The standard InChI is InChI=1S/C14H20N2O4/c1-3-16(9-10-17)13(20)15-14(2,12(18)19)11-7-5-4-6-8-11/h4-8,17H,3,9-10H2,1-2H3,(H,15,20)(H,18,19). The van der Waals surface area contributed by atoms with E-state index in [9.17, 15) is 14.7 Å². The van der Waals surface area contributed by atoms with Gasteiger partial charge in [-0.1, -0.05) is 30.3 Å². The minimum atomic E-state index is -1.51. The second-order valence-corrected chi connectivity index (χ2v) is 4.53. The summed E-state index contributed by atoms with van der Waals surface area (Å²) in [5, 5.41) is 20.9. The molecule has 6 heteroatoms. The van der Waals surface area contributed by atoms with E-state index in [4.69, 9.17) is 5.11 Å². The molecule has 0 spiro atoms. The molecule has 1 aromatic rings. The lowest BCUT2D eigenvalue weighted by atomic mass is 9.92. The molecule has 0 radical (unpaired) electrons. The Bertz CT molecular complexity index is 464. The van der Waals surface area contributed by atoms with E-state index in [1.54, 1.807) is 37.3 Å². The zero-order chi connectivity index (χ0) is 15.2. The first-order valence-electron chi connectivity index (χ1n) is 6.42. The van der Waals surface area contributed by atoms with E-state index in [1.807, 2.05) is 0 Å². The molecule has 2 amide bonds. The van der Waals surface area contributed by atoms with E-state index in [0.29, 0.717) is 12.1 Å². The van der Waals surface area contributed by atoms with Crippen LogP contribution < -0.4 is 5.32 Å². The van der Waals surface area contributed by atoms with Crippen molar-refractivity contribution in [2.45, 2.75) is 19.4 Å². The Hall–Kier alpha value is -2.08.